The molecule has 0 heterocycles. The van der Waals surface area contributed by atoms with E-state index < -0.39 is 6.10 Å². The van der Waals surface area contributed by atoms with E-state index in [1.165, 1.54) is 244 Å². The molecular weight excluding hydrogens is 901 g/mol. The van der Waals surface area contributed by atoms with Crippen LogP contribution < -0.4 is 0 Å². The van der Waals surface area contributed by atoms with Gasteiger partial charge in [0.15, 0.2) is 6.10 Å². The van der Waals surface area contributed by atoms with Gasteiger partial charge < -0.3 is 14.2 Å². The maximum Gasteiger partial charge on any atom is 0.306 e. The fourth-order valence-electron chi connectivity index (χ4n) is 9.71. The van der Waals surface area contributed by atoms with Crippen molar-refractivity contribution in [2.24, 2.45) is 0 Å². The normalized spacial score (nSPS) is 12.2. The van der Waals surface area contributed by atoms with E-state index in [-0.39, 0.29) is 31.1 Å². The Balaban J connectivity index is 4.29. The Hall–Kier alpha value is -2.37. The molecule has 0 bridgehead atoms. The van der Waals surface area contributed by atoms with E-state index in [1.807, 2.05) is 0 Å². The average Bonchev–Trinajstić information content (AvgIpc) is 3.39. The van der Waals surface area contributed by atoms with Crippen LogP contribution in [-0.4, -0.2) is 37.2 Å². The SMILES string of the molecule is CCCCCC/C=C\C/C=C\CCCCCCCCCC(=O)OC(COC(=O)CCCCCCCCCCCCC/C=C\CCCCCCCCCC)COC(=O)CCCCCCCCCCCCCCCC. The Morgan fingerprint density at radius 1 is 0.274 bits per heavy atom. The first-order valence-electron chi connectivity index (χ1n) is 32.5. The zero-order chi connectivity index (χ0) is 52.9. The Bertz CT molecular complexity index is 1220. The zero-order valence-electron chi connectivity index (χ0n) is 49.2. The highest BCUT2D eigenvalue weighted by atomic mass is 16.6. The summed E-state index contributed by atoms with van der Waals surface area (Å²) < 4.78 is 16.9. The van der Waals surface area contributed by atoms with Gasteiger partial charge in [-0.15, -0.1) is 0 Å². The summed E-state index contributed by atoms with van der Waals surface area (Å²) in [5, 5.41) is 0. The molecule has 0 aliphatic rings. The van der Waals surface area contributed by atoms with E-state index in [1.54, 1.807) is 0 Å². The molecule has 428 valence electrons. The Labute approximate surface area is 455 Å². The maximum absolute atomic E-state index is 12.9. The molecule has 0 aromatic heterocycles. The molecule has 6 nitrogen and oxygen atoms in total. The first-order chi connectivity index (χ1) is 36.0. The van der Waals surface area contributed by atoms with Crippen LogP contribution in [0, 0.1) is 0 Å². The standard InChI is InChI=1S/C67H124O6/c1-4-7-10-13-16-19-22-25-28-30-32-33-34-35-36-38-39-42-45-48-51-54-57-60-66(69)72-63-64(62-71-65(68)59-56-53-50-47-44-41-27-24-21-18-15-12-9-6-3)73-67(70)61-58-55-52-49-46-43-40-37-31-29-26-23-20-17-14-11-8-5-2/h20,23,29-32,64H,4-19,21-22,24-28,33-63H2,1-3H3/b23-20-,31-29-,32-30-. The molecule has 0 spiro atoms. The molecule has 0 aliphatic heterocycles. The summed E-state index contributed by atoms with van der Waals surface area (Å²) in [6.45, 7) is 6.68. The molecule has 6 heteroatoms. The minimum atomic E-state index is -0.774. The van der Waals surface area contributed by atoms with Crippen molar-refractivity contribution in [2.75, 3.05) is 13.2 Å². The smallest absolute Gasteiger partial charge is 0.306 e. The lowest BCUT2D eigenvalue weighted by Gasteiger charge is -2.18. The monoisotopic (exact) mass is 1020 g/mol. The third kappa shape index (κ3) is 60.4. The fourth-order valence-corrected chi connectivity index (χ4v) is 9.71. The van der Waals surface area contributed by atoms with Gasteiger partial charge in [0.1, 0.15) is 13.2 Å². The van der Waals surface area contributed by atoms with Crippen LogP contribution in [0.25, 0.3) is 0 Å². The summed E-state index contributed by atoms with van der Waals surface area (Å²) in [6, 6.07) is 0. The number of allylic oxidation sites excluding steroid dienone is 6. The lowest BCUT2D eigenvalue weighted by Crippen LogP contribution is -2.30. The van der Waals surface area contributed by atoms with Gasteiger partial charge in [-0.2, -0.15) is 0 Å². The highest BCUT2D eigenvalue weighted by molar-refractivity contribution is 5.71. The molecule has 0 aliphatic carbocycles. The van der Waals surface area contributed by atoms with Crippen LogP contribution in [0.2, 0.25) is 0 Å². The topological polar surface area (TPSA) is 78.9 Å². The van der Waals surface area contributed by atoms with E-state index in [0.29, 0.717) is 19.3 Å². The fraction of sp³-hybridized carbons (Fsp3) is 0.866. The molecule has 0 rings (SSSR count). The number of hydrogen-bond donors (Lipinski definition) is 0. The number of hydrogen-bond acceptors (Lipinski definition) is 6. The molecule has 0 amide bonds. The van der Waals surface area contributed by atoms with Gasteiger partial charge >= 0.3 is 17.9 Å². The Kier molecular flexibility index (Phi) is 60.2. The van der Waals surface area contributed by atoms with E-state index in [9.17, 15) is 14.4 Å². The van der Waals surface area contributed by atoms with Crippen LogP contribution in [0.4, 0.5) is 0 Å². The second kappa shape index (κ2) is 62.2. The summed E-state index contributed by atoms with van der Waals surface area (Å²) >= 11 is 0. The largest absolute Gasteiger partial charge is 0.462 e. The second-order valence-corrected chi connectivity index (χ2v) is 22.0. The van der Waals surface area contributed by atoms with Gasteiger partial charge in [0.05, 0.1) is 0 Å². The maximum atomic E-state index is 12.9. The van der Waals surface area contributed by atoms with Crippen LogP contribution in [0.5, 0.6) is 0 Å². The average molecular weight is 1030 g/mol. The van der Waals surface area contributed by atoms with Crippen molar-refractivity contribution < 1.29 is 28.6 Å². The Morgan fingerprint density at radius 3 is 0.781 bits per heavy atom. The van der Waals surface area contributed by atoms with Crippen LogP contribution in [-0.2, 0) is 28.6 Å². The van der Waals surface area contributed by atoms with E-state index >= 15 is 0 Å². The lowest BCUT2D eigenvalue weighted by atomic mass is 10.0. The number of esters is 3. The molecule has 0 aromatic carbocycles. The lowest BCUT2D eigenvalue weighted by molar-refractivity contribution is -0.167. The Morgan fingerprint density at radius 2 is 0.493 bits per heavy atom. The van der Waals surface area contributed by atoms with Gasteiger partial charge in [-0.25, -0.2) is 0 Å². The molecule has 1 atom stereocenters. The second-order valence-electron chi connectivity index (χ2n) is 22.0. The quantitative estimate of drug-likeness (QED) is 0.0261. The molecule has 0 saturated carbocycles. The predicted octanol–water partition coefficient (Wildman–Crippen LogP) is 22.0. The van der Waals surface area contributed by atoms with Crippen LogP contribution in [0.1, 0.15) is 355 Å². The van der Waals surface area contributed by atoms with Gasteiger partial charge in [0, 0.05) is 19.3 Å². The summed E-state index contributed by atoms with van der Waals surface area (Å²) in [5.41, 5.74) is 0. The van der Waals surface area contributed by atoms with Crippen LogP contribution >= 0.6 is 0 Å². The molecule has 73 heavy (non-hydrogen) atoms. The van der Waals surface area contributed by atoms with Crippen molar-refractivity contribution in [3.8, 4) is 0 Å². The molecule has 1 unspecified atom stereocenters. The van der Waals surface area contributed by atoms with Crippen LogP contribution in [0.15, 0.2) is 36.5 Å². The highest BCUT2D eigenvalue weighted by Gasteiger charge is 2.19. The van der Waals surface area contributed by atoms with E-state index in [0.717, 1.165) is 70.6 Å². The molecule has 0 fully saturated rings. The van der Waals surface area contributed by atoms with Crippen molar-refractivity contribution >= 4 is 17.9 Å². The molecule has 0 radical (unpaired) electrons. The van der Waals surface area contributed by atoms with Gasteiger partial charge in [0.2, 0.25) is 0 Å². The summed E-state index contributed by atoms with van der Waals surface area (Å²) in [5.74, 6) is -0.856. The highest BCUT2D eigenvalue weighted by Crippen LogP contribution is 2.17. The third-order valence-electron chi connectivity index (χ3n) is 14.6. The van der Waals surface area contributed by atoms with Crippen molar-refractivity contribution in [3.63, 3.8) is 0 Å². The van der Waals surface area contributed by atoms with E-state index in [2.05, 4.69) is 57.2 Å². The minimum Gasteiger partial charge on any atom is -0.462 e. The number of ether oxygens (including phenoxy) is 3. The number of carbonyl (C=O) groups is 3. The first kappa shape index (κ1) is 70.6. The molecule has 0 aromatic rings. The summed E-state index contributed by atoms with van der Waals surface area (Å²) in [4.78, 5) is 38.3. The van der Waals surface area contributed by atoms with Crippen molar-refractivity contribution in [1.29, 1.82) is 0 Å². The minimum absolute atomic E-state index is 0.0712. The molecule has 0 N–H and O–H groups in total. The van der Waals surface area contributed by atoms with Gasteiger partial charge in [-0.1, -0.05) is 295 Å². The van der Waals surface area contributed by atoms with E-state index in [4.69, 9.17) is 14.2 Å². The number of rotatable bonds is 60. The molecule has 0 saturated heterocycles. The zero-order valence-corrected chi connectivity index (χ0v) is 49.2. The van der Waals surface area contributed by atoms with Gasteiger partial charge in [0.25, 0.3) is 0 Å². The van der Waals surface area contributed by atoms with Crippen molar-refractivity contribution in [1.82, 2.24) is 0 Å². The van der Waals surface area contributed by atoms with Crippen molar-refractivity contribution in [2.45, 2.75) is 361 Å². The summed E-state index contributed by atoms with van der Waals surface area (Å²) in [7, 11) is 0. The van der Waals surface area contributed by atoms with Gasteiger partial charge in [-0.05, 0) is 77.0 Å². The third-order valence-corrected chi connectivity index (χ3v) is 14.6. The molecular formula is C67H124O6. The van der Waals surface area contributed by atoms with Crippen LogP contribution in [0.3, 0.4) is 0 Å². The first-order valence-corrected chi connectivity index (χ1v) is 32.5. The number of carbonyl (C=O) groups excluding carboxylic acids is 3. The number of unbranched alkanes of at least 4 members (excludes halogenated alkanes) is 43. The van der Waals surface area contributed by atoms with Gasteiger partial charge in [-0.3, -0.25) is 14.4 Å². The predicted molar refractivity (Wildman–Crippen MR) is 316 cm³/mol. The summed E-state index contributed by atoms with van der Waals surface area (Å²) in [6.07, 6.45) is 75.8. The van der Waals surface area contributed by atoms with Crippen molar-refractivity contribution in [3.05, 3.63) is 36.5 Å².